The van der Waals surface area contributed by atoms with Crippen molar-refractivity contribution in [1.29, 1.82) is 0 Å². The zero-order valence-corrected chi connectivity index (χ0v) is 13.7. The van der Waals surface area contributed by atoms with E-state index in [1.54, 1.807) is 18.4 Å². The Hall–Kier alpha value is -0.650. The molecule has 1 N–H and O–H groups in total. The predicted molar refractivity (Wildman–Crippen MR) is 85.5 cm³/mol. The average Bonchev–Trinajstić information content (AvgIpc) is 2.92. The highest BCUT2D eigenvalue weighted by molar-refractivity contribution is 7.13. The highest BCUT2D eigenvalue weighted by Crippen LogP contribution is 2.30. The second kappa shape index (κ2) is 7.96. The lowest BCUT2D eigenvalue weighted by molar-refractivity contribution is 0.199. The Bertz CT molecular complexity index is 388. The van der Waals surface area contributed by atoms with E-state index in [4.69, 9.17) is 9.72 Å². The molecule has 0 spiro atoms. The molecule has 114 valence electrons. The van der Waals surface area contributed by atoms with Crippen molar-refractivity contribution >= 4 is 16.5 Å². The van der Waals surface area contributed by atoms with E-state index >= 15 is 0 Å². The highest BCUT2D eigenvalue weighted by atomic mass is 32.1. The lowest BCUT2D eigenvalue weighted by Crippen LogP contribution is -2.34. The topological polar surface area (TPSA) is 37.4 Å². The number of anilines is 1. The lowest BCUT2D eigenvalue weighted by Gasteiger charge is -2.33. The average molecular weight is 297 g/mol. The number of rotatable bonds is 7. The molecule has 1 saturated carbocycles. The van der Waals surface area contributed by atoms with Gasteiger partial charge in [0.25, 0.3) is 0 Å². The zero-order valence-electron chi connectivity index (χ0n) is 12.9. The summed E-state index contributed by atoms with van der Waals surface area (Å²) in [6, 6.07) is 0.673. The van der Waals surface area contributed by atoms with E-state index in [-0.39, 0.29) is 0 Å². The Morgan fingerprint density at radius 3 is 2.85 bits per heavy atom. The first-order valence-electron chi connectivity index (χ1n) is 7.57. The van der Waals surface area contributed by atoms with E-state index in [0.29, 0.717) is 6.04 Å². The van der Waals surface area contributed by atoms with Crippen LogP contribution in [-0.4, -0.2) is 38.3 Å². The van der Waals surface area contributed by atoms with Crippen molar-refractivity contribution in [3.8, 4) is 0 Å². The molecule has 1 aliphatic rings. The standard InChI is InChI=1S/C15H27N3OS/c1-12-4-6-14(7-5-12)18(2)15-17-13(11-20-15)10-16-8-9-19-3/h11-12,14,16H,4-10H2,1-3H3. The number of methoxy groups -OCH3 is 1. The summed E-state index contributed by atoms with van der Waals surface area (Å²) in [6.45, 7) is 4.82. The number of aromatic nitrogens is 1. The number of ether oxygens (including phenoxy) is 1. The van der Waals surface area contributed by atoms with Gasteiger partial charge in [-0.2, -0.15) is 0 Å². The Balaban J connectivity index is 1.81. The number of thiazole rings is 1. The zero-order chi connectivity index (χ0) is 14.4. The maximum Gasteiger partial charge on any atom is 0.185 e. The van der Waals surface area contributed by atoms with Crippen molar-refractivity contribution in [2.45, 2.75) is 45.2 Å². The van der Waals surface area contributed by atoms with Crippen molar-refractivity contribution in [3.63, 3.8) is 0 Å². The van der Waals surface area contributed by atoms with E-state index in [2.05, 4.69) is 29.6 Å². The minimum Gasteiger partial charge on any atom is -0.383 e. The third-order valence-corrected chi connectivity index (χ3v) is 5.14. The Morgan fingerprint density at radius 2 is 2.15 bits per heavy atom. The Kier molecular flexibility index (Phi) is 6.26. The number of hydrogen-bond donors (Lipinski definition) is 1. The molecule has 1 aliphatic carbocycles. The largest absolute Gasteiger partial charge is 0.383 e. The van der Waals surface area contributed by atoms with Crippen LogP contribution >= 0.6 is 11.3 Å². The quantitative estimate of drug-likeness (QED) is 0.785. The van der Waals surface area contributed by atoms with Crippen LogP contribution in [0.15, 0.2) is 5.38 Å². The van der Waals surface area contributed by atoms with Gasteiger partial charge in [-0.15, -0.1) is 11.3 Å². The van der Waals surface area contributed by atoms with Crippen LogP contribution in [0.4, 0.5) is 5.13 Å². The van der Waals surface area contributed by atoms with E-state index in [1.807, 2.05) is 0 Å². The number of nitrogens with one attached hydrogen (secondary N) is 1. The fraction of sp³-hybridized carbons (Fsp3) is 0.800. The second-order valence-electron chi connectivity index (χ2n) is 5.82. The van der Waals surface area contributed by atoms with Crippen LogP contribution in [0.3, 0.4) is 0 Å². The number of nitrogens with zero attached hydrogens (tertiary/aromatic N) is 2. The van der Waals surface area contributed by atoms with Gasteiger partial charge in [0.15, 0.2) is 5.13 Å². The van der Waals surface area contributed by atoms with Crippen molar-refractivity contribution in [2.24, 2.45) is 5.92 Å². The summed E-state index contributed by atoms with van der Waals surface area (Å²) in [5.74, 6) is 0.900. The van der Waals surface area contributed by atoms with Gasteiger partial charge in [0.2, 0.25) is 0 Å². The molecule has 4 nitrogen and oxygen atoms in total. The Labute approximate surface area is 126 Å². The minimum absolute atomic E-state index is 0.673. The van der Waals surface area contributed by atoms with Gasteiger partial charge < -0.3 is 15.0 Å². The van der Waals surface area contributed by atoms with E-state index in [1.165, 1.54) is 25.7 Å². The molecule has 1 fully saturated rings. The summed E-state index contributed by atoms with van der Waals surface area (Å²) in [4.78, 5) is 7.13. The molecule has 1 aromatic rings. The fourth-order valence-electron chi connectivity index (χ4n) is 2.72. The summed E-state index contributed by atoms with van der Waals surface area (Å²) in [6.07, 6.45) is 5.31. The van der Waals surface area contributed by atoms with E-state index in [9.17, 15) is 0 Å². The van der Waals surface area contributed by atoms with Gasteiger partial charge in [-0.05, 0) is 31.6 Å². The smallest absolute Gasteiger partial charge is 0.185 e. The molecule has 2 rings (SSSR count). The maximum absolute atomic E-state index is 5.02. The van der Waals surface area contributed by atoms with Gasteiger partial charge in [0.05, 0.1) is 12.3 Å². The van der Waals surface area contributed by atoms with Crippen LogP contribution in [0.25, 0.3) is 0 Å². The van der Waals surface area contributed by atoms with Crippen LogP contribution in [-0.2, 0) is 11.3 Å². The van der Waals surface area contributed by atoms with Crippen LogP contribution in [0.2, 0.25) is 0 Å². The van der Waals surface area contributed by atoms with Crippen molar-refractivity contribution in [2.75, 3.05) is 32.2 Å². The molecule has 0 unspecified atom stereocenters. The maximum atomic E-state index is 5.02. The molecule has 1 heterocycles. The third kappa shape index (κ3) is 4.43. The molecule has 0 saturated heterocycles. The first-order valence-corrected chi connectivity index (χ1v) is 8.45. The van der Waals surface area contributed by atoms with Crippen LogP contribution < -0.4 is 10.2 Å². The highest BCUT2D eigenvalue weighted by Gasteiger charge is 2.23. The van der Waals surface area contributed by atoms with Gasteiger partial charge >= 0.3 is 0 Å². The van der Waals surface area contributed by atoms with Crippen molar-refractivity contribution in [3.05, 3.63) is 11.1 Å². The SMILES string of the molecule is COCCNCc1csc(N(C)C2CCC(C)CC2)n1. The summed E-state index contributed by atoms with van der Waals surface area (Å²) in [5.41, 5.74) is 1.14. The predicted octanol–water partition coefficient (Wildman–Crippen LogP) is 2.89. The van der Waals surface area contributed by atoms with E-state index < -0.39 is 0 Å². The van der Waals surface area contributed by atoms with Gasteiger partial charge in [-0.3, -0.25) is 0 Å². The molecule has 0 bridgehead atoms. The first-order chi connectivity index (χ1) is 9.70. The van der Waals surface area contributed by atoms with Gasteiger partial charge in [0.1, 0.15) is 0 Å². The molecular weight excluding hydrogens is 270 g/mol. The van der Waals surface area contributed by atoms with E-state index in [0.717, 1.165) is 36.4 Å². The van der Waals surface area contributed by atoms with Gasteiger partial charge in [-0.1, -0.05) is 6.92 Å². The summed E-state index contributed by atoms with van der Waals surface area (Å²) in [7, 11) is 3.92. The molecule has 20 heavy (non-hydrogen) atoms. The molecule has 0 radical (unpaired) electrons. The summed E-state index contributed by atoms with van der Waals surface area (Å²) < 4.78 is 5.02. The minimum atomic E-state index is 0.673. The first kappa shape index (κ1) is 15.7. The molecule has 0 aromatic carbocycles. The molecule has 5 heteroatoms. The third-order valence-electron chi connectivity index (χ3n) is 4.16. The normalized spacial score (nSPS) is 22.9. The van der Waals surface area contributed by atoms with Gasteiger partial charge in [0, 0.05) is 38.7 Å². The molecular formula is C15H27N3OS. The van der Waals surface area contributed by atoms with Gasteiger partial charge in [-0.25, -0.2) is 4.98 Å². The molecule has 0 amide bonds. The molecule has 0 atom stereocenters. The molecule has 1 aromatic heterocycles. The summed E-state index contributed by atoms with van der Waals surface area (Å²) >= 11 is 1.76. The fourth-order valence-corrected chi connectivity index (χ4v) is 3.58. The second-order valence-corrected chi connectivity index (χ2v) is 6.65. The molecule has 0 aliphatic heterocycles. The number of hydrogen-bond acceptors (Lipinski definition) is 5. The summed E-state index contributed by atoms with van der Waals surface area (Å²) in [5, 5.41) is 6.66. The van der Waals surface area contributed by atoms with Crippen molar-refractivity contribution in [1.82, 2.24) is 10.3 Å². The lowest BCUT2D eigenvalue weighted by atomic mass is 9.87. The van der Waals surface area contributed by atoms with Crippen LogP contribution in [0.5, 0.6) is 0 Å². The Morgan fingerprint density at radius 1 is 1.40 bits per heavy atom. The van der Waals surface area contributed by atoms with Crippen LogP contribution in [0.1, 0.15) is 38.3 Å². The van der Waals surface area contributed by atoms with Crippen LogP contribution in [0, 0.1) is 5.92 Å². The monoisotopic (exact) mass is 297 g/mol. The van der Waals surface area contributed by atoms with Crippen molar-refractivity contribution < 1.29 is 4.74 Å².